The summed E-state index contributed by atoms with van der Waals surface area (Å²) in [5.74, 6) is -0.438. The molecule has 2 N–H and O–H groups in total. The van der Waals surface area contributed by atoms with Gasteiger partial charge in [0.05, 0.1) is 22.8 Å². The third-order valence-electron chi connectivity index (χ3n) is 5.08. The topological polar surface area (TPSA) is 99.8 Å². The summed E-state index contributed by atoms with van der Waals surface area (Å²) in [5, 5.41) is 9.24. The summed E-state index contributed by atoms with van der Waals surface area (Å²) in [4.78, 5) is 13.5. The van der Waals surface area contributed by atoms with E-state index in [0.717, 1.165) is 25.9 Å². The molecule has 8 heteroatoms. The van der Waals surface area contributed by atoms with Gasteiger partial charge in [-0.1, -0.05) is 0 Å². The molecule has 3 rings (SSSR count). The molecule has 0 spiro atoms. The van der Waals surface area contributed by atoms with Crippen molar-refractivity contribution in [3.8, 4) is 0 Å². The number of carbonyl (C=O) groups is 1. The predicted octanol–water partition coefficient (Wildman–Crippen LogP) is 2.71. The van der Waals surface area contributed by atoms with E-state index in [0.29, 0.717) is 16.9 Å². The minimum atomic E-state index is -3.87. The largest absolute Gasteiger partial charge is 0.478 e. The minimum Gasteiger partial charge on any atom is -0.478 e. The molecule has 0 unspecified atom stereocenters. The Bertz CT molecular complexity index is 916. The van der Waals surface area contributed by atoms with Gasteiger partial charge in [-0.15, -0.1) is 0 Å². The summed E-state index contributed by atoms with van der Waals surface area (Å²) in [7, 11) is -3.87. The lowest BCUT2D eigenvalue weighted by Gasteiger charge is -2.26. The third-order valence-corrected chi connectivity index (χ3v) is 6.63. The maximum atomic E-state index is 12.9. The summed E-state index contributed by atoms with van der Waals surface area (Å²) in [6, 6.07) is 6.13. The highest BCUT2D eigenvalue weighted by atomic mass is 32.2. The molecule has 0 bridgehead atoms. The van der Waals surface area contributed by atoms with Gasteiger partial charge in [-0.2, -0.15) is 0 Å². The molecule has 1 atom stereocenters. The lowest BCUT2D eigenvalue weighted by atomic mass is 10.1. The number of nitrogens with one attached hydrogen (secondary N) is 1. The van der Waals surface area contributed by atoms with Crippen molar-refractivity contribution in [2.45, 2.75) is 37.6 Å². The van der Waals surface area contributed by atoms with Crippen LogP contribution in [0, 0.1) is 13.8 Å². The van der Waals surface area contributed by atoms with Gasteiger partial charge in [-0.3, -0.25) is 4.90 Å². The predicted molar refractivity (Wildman–Crippen MR) is 100 cm³/mol. The molecule has 1 fully saturated rings. The molecule has 0 aliphatic carbocycles. The molecule has 27 heavy (non-hydrogen) atoms. The smallest absolute Gasteiger partial charge is 0.335 e. The van der Waals surface area contributed by atoms with Crippen molar-refractivity contribution in [1.29, 1.82) is 0 Å². The molecule has 0 radical (unpaired) electrons. The van der Waals surface area contributed by atoms with E-state index in [4.69, 9.17) is 4.42 Å². The quantitative estimate of drug-likeness (QED) is 0.752. The second kappa shape index (κ2) is 7.84. The molecule has 146 valence electrons. The second-order valence-corrected chi connectivity index (χ2v) is 8.58. The average Bonchev–Trinajstić information content (AvgIpc) is 3.31. The number of hydrogen-bond donors (Lipinski definition) is 2. The molecular formula is C19H24N2O5S. The van der Waals surface area contributed by atoms with Crippen molar-refractivity contribution in [3.05, 3.63) is 53.0 Å². The van der Waals surface area contributed by atoms with E-state index in [1.165, 1.54) is 12.1 Å². The van der Waals surface area contributed by atoms with Crippen LogP contribution in [0.25, 0.3) is 0 Å². The van der Waals surface area contributed by atoms with Gasteiger partial charge in [0.1, 0.15) is 5.76 Å². The normalized spacial score (nSPS) is 16.5. The fourth-order valence-corrected chi connectivity index (χ4v) is 4.82. The van der Waals surface area contributed by atoms with Crippen LogP contribution in [-0.4, -0.2) is 44.0 Å². The van der Waals surface area contributed by atoms with Crippen LogP contribution < -0.4 is 4.72 Å². The van der Waals surface area contributed by atoms with Gasteiger partial charge in [0.2, 0.25) is 10.0 Å². The lowest BCUT2D eigenvalue weighted by molar-refractivity contribution is 0.0696. The highest BCUT2D eigenvalue weighted by molar-refractivity contribution is 7.89. The zero-order valence-electron chi connectivity index (χ0n) is 15.4. The van der Waals surface area contributed by atoms with Crippen LogP contribution in [-0.2, 0) is 10.0 Å². The molecule has 7 nitrogen and oxygen atoms in total. The molecule has 1 aromatic heterocycles. The fourth-order valence-electron chi connectivity index (χ4n) is 3.44. The summed E-state index contributed by atoms with van der Waals surface area (Å²) < 4.78 is 34.0. The van der Waals surface area contributed by atoms with Gasteiger partial charge in [-0.25, -0.2) is 17.9 Å². The standard InChI is InChI=1S/C19H24N2O5S/c1-13-10-15(19(22)23)11-18(14(13)2)27(24,25)20-12-16(17-6-5-9-26-17)21-7-3-4-8-21/h5-6,9-11,16,20H,3-4,7-8,12H2,1-2H3,(H,22,23)/t16-/m0/s1. The lowest BCUT2D eigenvalue weighted by Crippen LogP contribution is -2.37. The zero-order chi connectivity index (χ0) is 19.6. The third kappa shape index (κ3) is 4.23. The molecule has 0 amide bonds. The SMILES string of the molecule is Cc1cc(C(=O)O)cc(S(=O)(=O)NC[C@@H](c2ccco2)N2CCCC2)c1C. The van der Waals surface area contributed by atoms with Gasteiger partial charge < -0.3 is 9.52 Å². The van der Waals surface area contributed by atoms with Crippen LogP contribution in [0.4, 0.5) is 0 Å². The highest BCUT2D eigenvalue weighted by Crippen LogP contribution is 2.26. The van der Waals surface area contributed by atoms with Crippen LogP contribution in [0.15, 0.2) is 39.8 Å². The monoisotopic (exact) mass is 392 g/mol. The first kappa shape index (κ1) is 19.6. The fraction of sp³-hybridized carbons (Fsp3) is 0.421. The van der Waals surface area contributed by atoms with E-state index in [9.17, 15) is 18.3 Å². The van der Waals surface area contributed by atoms with E-state index in [2.05, 4.69) is 9.62 Å². The number of aromatic carboxylic acids is 1. The van der Waals surface area contributed by atoms with Gasteiger partial charge in [0.25, 0.3) is 0 Å². The number of likely N-dealkylation sites (tertiary alicyclic amines) is 1. The van der Waals surface area contributed by atoms with Crippen LogP contribution in [0.2, 0.25) is 0 Å². The molecule has 1 aliphatic rings. The Labute approximate surface area is 159 Å². The Kier molecular flexibility index (Phi) is 5.69. The van der Waals surface area contributed by atoms with Crippen molar-refractivity contribution in [2.75, 3.05) is 19.6 Å². The minimum absolute atomic E-state index is 0.000447. The molecule has 1 aromatic carbocycles. The Morgan fingerprint density at radius 1 is 1.30 bits per heavy atom. The Morgan fingerprint density at radius 3 is 2.59 bits per heavy atom. The first-order chi connectivity index (χ1) is 12.8. The van der Waals surface area contributed by atoms with Crippen molar-refractivity contribution in [2.24, 2.45) is 0 Å². The number of aryl methyl sites for hydroxylation is 1. The second-order valence-electron chi connectivity index (χ2n) is 6.85. The van der Waals surface area contributed by atoms with E-state index in [1.807, 2.05) is 6.07 Å². The average molecular weight is 392 g/mol. The summed E-state index contributed by atoms with van der Waals surface area (Å²) in [6.45, 7) is 5.32. The van der Waals surface area contributed by atoms with Crippen LogP contribution in [0.1, 0.15) is 46.1 Å². The number of rotatable bonds is 7. The van der Waals surface area contributed by atoms with Crippen LogP contribution >= 0.6 is 0 Å². The van der Waals surface area contributed by atoms with Gasteiger partial charge in [-0.05, 0) is 75.2 Å². The highest BCUT2D eigenvalue weighted by Gasteiger charge is 2.28. The molecule has 2 aromatic rings. The van der Waals surface area contributed by atoms with Crippen molar-refractivity contribution in [1.82, 2.24) is 9.62 Å². The molecule has 2 heterocycles. The first-order valence-corrected chi connectivity index (χ1v) is 10.4. The number of benzene rings is 1. The number of furan rings is 1. The summed E-state index contributed by atoms with van der Waals surface area (Å²) in [5.41, 5.74) is 1.13. The van der Waals surface area contributed by atoms with Gasteiger partial charge >= 0.3 is 5.97 Å². The maximum absolute atomic E-state index is 12.9. The number of carboxylic acid groups (broad SMARTS) is 1. The summed E-state index contributed by atoms with van der Waals surface area (Å²) in [6.07, 6.45) is 3.72. The van der Waals surface area contributed by atoms with E-state index >= 15 is 0 Å². The number of nitrogens with zero attached hydrogens (tertiary/aromatic N) is 1. The van der Waals surface area contributed by atoms with Crippen LogP contribution in [0.3, 0.4) is 0 Å². The molecule has 0 saturated carbocycles. The Morgan fingerprint density at radius 2 is 2.00 bits per heavy atom. The Hall–Kier alpha value is -2.16. The van der Waals surface area contributed by atoms with Crippen molar-refractivity contribution in [3.63, 3.8) is 0 Å². The van der Waals surface area contributed by atoms with Crippen LogP contribution in [0.5, 0.6) is 0 Å². The van der Waals surface area contributed by atoms with Crippen molar-refractivity contribution >= 4 is 16.0 Å². The van der Waals surface area contributed by atoms with Gasteiger partial charge in [0, 0.05) is 6.54 Å². The zero-order valence-corrected chi connectivity index (χ0v) is 16.3. The maximum Gasteiger partial charge on any atom is 0.335 e. The number of carboxylic acids is 1. The van der Waals surface area contributed by atoms with E-state index in [-0.39, 0.29) is 23.0 Å². The number of hydrogen-bond acceptors (Lipinski definition) is 5. The van der Waals surface area contributed by atoms with Crippen molar-refractivity contribution < 1.29 is 22.7 Å². The molecule has 1 aliphatic heterocycles. The van der Waals surface area contributed by atoms with E-state index < -0.39 is 16.0 Å². The molecule has 1 saturated heterocycles. The summed E-state index contributed by atoms with van der Waals surface area (Å²) >= 11 is 0. The Balaban J connectivity index is 1.86. The van der Waals surface area contributed by atoms with E-state index in [1.54, 1.807) is 26.2 Å². The number of sulfonamides is 1. The van der Waals surface area contributed by atoms with Gasteiger partial charge in [0.15, 0.2) is 0 Å². The molecular weight excluding hydrogens is 368 g/mol. The first-order valence-electron chi connectivity index (χ1n) is 8.91.